The Morgan fingerprint density at radius 1 is 1.33 bits per heavy atom. The largest absolute Gasteiger partial charge is 0.480 e. The number of nitrogens with zero attached hydrogens (tertiary/aromatic N) is 3. The van der Waals surface area contributed by atoms with Crippen LogP contribution in [0.3, 0.4) is 0 Å². The van der Waals surface area contributed by atoms with Crippen LogP contribution >= 0.6 is 0 Å². The number of aromatic nitrogens is 1. The van der Waals surface area contributed by atoms with E-state index < -0.39 is 0 Å². The number of piperidine rings is 1. The molecule has 3 saturated heterocycles. The molecule has 1 aromatic heterocycles. The normalized spacial score (nSPS) is 23.3. The highest BCUT2D eigenvalue weighted by atomic mass is 16.5. The summed E-state index contributed by atoms with van der Waals surface area (Å²) in [7, 11) is 3.13. The van der Waals surface area contributed by atoms with Crippen LogP contribution in [0.1, 0.15) is 23.2 Å². The predicted molar refractivity (Wildman–Crippen MR) is 86.8 cm³/mol. The van der Waals surface area contributed by atoms with Gasteiger partial charge in [0.1, 0.15) is 5.56 Å². The highest BCUT2D eigenvalue weighted by molar-refractivity contribution is 5.97. The summed E-state index contributed by atoms with van der Waals surface area (Å²) in [5.74, 6) is 0.198. The van der Waals surface area contributed by atoms with E-state index in [9.17, 15) is 9.59 Å². The van der Waals surface area contributed by atoms with E-state index in [4.69, 9.17) is 9.47 Å². The second-order valence-electron chi connectivity index (χ2n) is 6.22. The van der Waals surface area contributed by atoms with E-state index in [1.807, 2.05) is 4.90 Å². The van der Waals surface area contributed by atoms with E-state index in [2.05, 4.69) is 4.98 Å². The first-order valence-corrected chi connectivity index (χ1v) is 8.23. The van der Waals surface area contributed by atoms with Crippen molar-refractivity contribution in [2.45, 2.75) is 18.9 Å². The van der Waals surface area contributed by atoms with Gasteiger partial charge in [-0.3, -0.25) is 9.59 Å². The molecule has 0 saturated carbocycles. The summed E-state index contributed by atoms with van der Waals surface area (Å²) in [6.45, 7) is 2.09. The SMILES string of the molecule is COCCN1C(=O)[C@@H]2CC[C@H]1CN(C(=O)c1cccnc1OC)C2. The van der Waals surface area contributed by atoms with Crippen molar-refractivity contribution in [1.82, 2.24) is 14.8 Å². The maximum absolute atomic E-state index is 12.9. The third-order valence-corrected chi connectivity index (χ3v) is 4.81. The Morgan fingerprint density at radius 2 is 2.17 bits per heavy atom. The van der Waals surface area contributed by atoms with Crippen molar-refractivity contribution < 1.29 is 19.1 Å². The quantitative estimate of drug-likeness (QED) is 0.797. The molecule has 3 aliphatic rings. The average molecular weight is 333 g/mol. The summed E-state index contributed by atoms with van der Waals surface area (Å²) in [6, 6.07) is 3.49. The Labute approximate surface area is 141 Å². The minimum absolute atomic E-state index is 0.0537. The van der Waals surface area contributed by atoms with Gasteiger partial charge in [-0.15, -0.1) is 0 Å². The Kier molecular flexibility index (Phi) is 4.99. The fourth-order valence-corrected chi connectivity index (χ4v) is 3.58. The lowest BCUT2D eigenvalue weighted by Gasteiger charge is -2.35. The summed E-state index contributed by atoms with van der Waals surface area (Å²) in [4.78, 5) is 33.3. The van der Waals surface area contributed by atoms with E-state index in [1.165, 1.54) is 7.11 Å². The van der Waals surface area contributed by atoms with Gasteiger partial charge in [-0.05, 0) is 25.0 Å². The Bertz CT molecular complexity index is 622. The van der Waals surface area contributed by atoms with Crippen LogP contribution in [0, 0.1) is 5.92 Å². The maximum atomic E-state index is 12.9. The first kappa shape index (κ1) is 16.7. The molecule has 4 heterocycles. The molecule has 0 N–H and O–H groups in total. The molecule has 2 atom stereocenters. The molecule has 2 amide bonds. The van der Waals surface area contributed by atoms with Crippen LogP contribution in [0.4, 0.5) is 0 Å². The van der Waals surface area contributed by atoms with Crippen molar-refractivity contribution in [2.24, 2.45) is 5.92 Å². The fraction of sp³-hybridized carbons (Fsp3) is 0.588. The standard InChI is InChI=1S/C17H23N3O4/c1-23-9-8-20-13-6-5-12(16(20)21)10-19(11-13)17(22)14-4-3-7-18-15(14)24-2/h3-4,7,12-13H,5-6,8-11H2,1-2H3/t12-,13+/m1/s1. The predicted octanol–water partition coefficient (Wildman–Crippen LogP) is 0.800. The molecule has 24 heavy (non-hydrogen) atoms. The van der Waals surface area contributed by atoms with Gasteiger partial charge >= 0.3 is 0 Å². The third-order valence-electron chi connectivity index (χ3n) is 4.81. The number of hydrogen-bond acceptors (Lipinski definition) is 5. The molecule has 7 heteroatoms. The van der Waals surface area contributed by atoms with Crippen molar-refractivity contribution in [3.8, 4) is 5.88 Å². The Morgan fingerprint density at radius 3 is 2.92 bits per heavy atom. The molecule has 3 fully saturated rings. The number of amides is 2. The van der Waals surface area contributed by atoms with Crippen LogP contribution in [-0.4, -0.2) is 73.1 Å². The smallest absolute Gasteiger partial charge is 0.259 e. The number of ether oxygens (including phenoxy) is 2. The molecule has 130 valence electrons. The zero-order valence-corrected chi connectivity index (χ0v) is 14.1. The van der Waals surface area contributed by atoms with Gasteiger partial charge in [0.05, 0.1) is 19.6 Å². The minimum atomic E-state index is -0.132. The van der Waals surface area contributed by atoms with Crippen LogP contribution in [0.2, 0.25) is 0 Å². The number of rotatable bonds is 5. The maximum Gasteiger partial charge on any atom is 0.259 e. The van der Waals surface area contributed by atoms with Crippen molar-refractivity contribution in [2.75, 3.05) is 40.5 Å². The zero-order valence-electron chi connectivity index (χ0n) is 14.1. The van der Waals surface area contributed by atoms with Crippen LogP contribution in [0.5, 0.6) is 5.88 Å². The van der Waals surface area contributed by atoms with E-state index in [-0.39, 0.29) is 23.8 Å². The fourth-order valence-electron chi connectivity index (χ4n) is 3.58. The van der Waals surface area contributed by atoms with Gasteiger partial charge in [-0.25, -0.2) is 4.98 Å². The van der Waals surface area contributed by atoms with Crippen LogP contribution < -0.4 is 4.74 Å². The topological polar surface area (TPSA) is 72.0 Å². The summed E-state index contributed by atoms with van der Waals surface area (Å²) in [6.07, 6.45) is 3.35. The molecule has 0 radical (unpaired) electrons. The first-order valence-electron chi connectivity index (χ1n) is 8.23. The number of hydrogen-bond donors (Lipinski definition) is 0. The van der Waals surface area contributed by atoms with Gasteiger partial charge in [-0.1, -0.05) is 0 Å². The highest BCUT2D eigenvalue weighted by Gasteiger charge is 2.42. The lowest BCUT2D eigenvalue weighted by atomic mass is 9.94. The molecule has 7 nitrogen and oxygen atoms in total. The second kappa shape index (κ2) is 7.17. The van der Waals surface area contributed by atoms with Crippen LogP contribution in [-0.2, 0) is 9.53 Å². The van der Waals surface area contributed by atoms with Crippen molar-refractivity contribution in [3.63, 3.8) is 0 Å². The second-order valence-corrected chi connectivity index (χ2v) is 6.22. The summed E-state index contributed by atoms with van der Waals surface area (Å²) in [5.41, 5.74) is 0.442. The van der Waals surface area contributed by atoms with Crippen molar-refractivity contribution in [3.05, 3.63) is 23.9 Å². The summed E-state index contributed by atoms with van der Waals surface area (Å²) in [5, 5.41) is 0. The monoisotopic (exact) mass is 333 g/mol. The van der Waals surface area contributed by atoms with E-state index in [1.54, 1.807) is 30.3 Å². The molecular formula is C17H23N3O4. The van der Waals surface area contributed by atoms with Gasteiger partial charge in [0.2, 0.25) is 11.8 Å². The van der Waals surface area contributed by atoms with Crippen molar-refractivity contribution >= 4 is 11.8 Å². The molecule has 0 unspecified atom stereocenters. The lowest BCUT2D eigenvalue weighted by Crippen LogP contribution is -2.49. The van der Waals surface area contributed by atoms with Gasteiger partial charge in [0.25, 0.3) is 5.91 Å². The molecule has 0 spiro atoms. The lowest BCUT2D eigenvalue weighted by molar-refractivity contribution is -0.140. The average Bonchev–Trinajstić information content (AvgIpc) is 2.90. The van der Waals surface area contributed by atoms with E-state index in [0.29, 0.717) is 37.7 Å². The first-order chi connectivity index (χ1) is 11.7. The van der Waals surface area contributed by atoms with Gasteiger partial charge in [-0.2, -0.15) is 0 Å². The number of fused-ring (bicyclic) bond motifs is 4. The van der Waals surface area contributed by atoms with Gasteiger partial charge < -0.3 is 19.3 Å². The number of carbonyl (C=O) groups is 2. The van der Waals surface area contributed by atoms with E-state index >= 15 is 0 Å². The molecule has 2 bridgehead atoms. The molecule has 0 aliphatic carbocycles. The van der Waals surface area contributed by atoms with Crippen molar-refractivity contribution in [1.29, 1.82) is 0 Å². The summed E-state index contributed by atoms with van der Waals surface area (Å²) < 4.78 is 10.3. The van der Waals surface area contributed by atoms with Crippen LogP contribution in [0.15, 0.2) is 18.3 Å². The third kappa shape index (κ3) is 3.08. The number of methoxy groups -OCH3 is 2. The Balaban J connectivity index is 1.81. The van der Waals surface area contributed by atoms with E-state index in [0.717, 1.165) is 12.8 Å². The molecule has 0 aromatic carbocycles. The van der Waals surface area contributed by atoms with Gasteiger partial charge in [0.15, 0.2) is 0 Å². The number of carbonyl (C=O) groups excluding carboxylic acids is 2. The summed E-state index contributed by atoms with van der Waals surface area (Å²) >= 11 is 0. The number of pyridine rings is 1. The molecule has 4 rings (SSSR count). The van der Waals surface area contributed by atoms with Gasteiger partial charge in [0, 0.05) is 39.0 Å². The molecular weight excluding hydrogens is 310 g/mol. The van der Waals surface area contributed by atoms with Crippen LogP contribution in [0.25, 0.3) is 0 Å². The molecule has 1 aromatic rings. The zero-order chi connectivity index (χ0) is 17.1. The Hall–Kier alpha value is -2.15. The highest BCUT2D eigenvalue weighted by Crippen LogP contribution is 2.30. The minimum Gasteiger partial charge on any atom is -0.480 e. The molecule has 3 aliphatic heterocycles.